The van der Waals surface area contributed by atoms with E-state index in [2.05, 4.69) is 131 Å². The average Bonchev–Trinajstić information content (AvgIpc) is 1.66. The fourth-order valence-corrected chi connectivity index (χ4v) is 13.7. The monoisotopic (exact) mass is 1530 g/mol. The number of phenols is 1. The van der Waals surface area contributed by atoms with E-state index in [1.807, 2.05) is 82.3 Å². The number of carbonyl (C=O) groups is 4. The molecule has 1 saturated heterocycles. The maximum Gasteiger partial charge on any atom is 0.347 e. The van der Waals surface area contributed by atoms with Gasteiger partial charge in [0.15, 0.2) is 38.7 Å². The third kappa shape index (κ3) is 29.7. The normalized spacial score (nSPS) is 14.9. The Morgan fingerprint density at radius 3 is 1.55 bits per heavy atom. The zero-order valence-electron chi connectivity index (χ0n) is 65.8. The van der Waals surface area contributed by atoms with Crippen LogP contribution in [0.25, 0.3) is 0 Å². The van der Waals surface area contributed by atoms with Crippen LogP contribution in [0.5, 0.6) is 23.0 Å². The quantitative estimate of drug-likeness (QED) is 0.00648. The van der Waals surface area contributed by atoms with Crippen LogP contribution in [-0.2, 0) is 63.9 Å². The van der Waals surface area contributed by atoms with E-state index in [0.29, 0.717) is 48.5 Å². The average molecular weight is 1530 g/mol. The van der Waals surface area contributed by atoms with Gasteiger partial charge in [0, 0.05) is 25.3 Å². The highest BCUT2D eigenvalue weighted by molar-refractivity contribution is 7.97. The van der Waals surface area contributed by atoms with Crippen LogP contribution in [0.4, 0.5) is 17.6 Å². The lowest BCUT2D eigenvalue weighted by Gasteiger charge is -2.35. The van der Waals surface area contributed by atoms with Gasteiger partial charge < -0.3 is 47.6 Å². The second kappa shape index (κ2) is 44.1. The Hall–Kier alpha value is -7.66. The lowest BCUT2D eigenvalue weighted by molar-refractivity contribution is -0.208. The molecular formula is C85H116F4O16S2. The van der Waals surface area contributed by atoms with Crippen molar-refractivity contribution in [1.82, 2.24) is 0 Å². The smallest absolute Gasteiger partial charge is 0.347 e. The molecule has 4 unspecified atom stereocenters. The molecule has 592 valence electrons. The van der Waals surface area contributed by atoms with Gasteiger partial charge in [0.25, 0.3) is 0 Å². The van der Waals surface area contributed by atoms with Crippen molar-refractivity contribution in [2.45, 2.75) is 263 Å². The molecule has 6 aromatic rings. The van der Waals surface area contributed by atoms with Crippen LogP contribution in [0.2, 0.25) is 0 Å². The number of esters is 4. The molecule has 0 radical (unpaired) electrons. The van der Waals surface area contributed by atoms with E-state index in [1.54, 1.807) is 38.1 Å². The standard InChI is InChI=1S/C28H33O3S.C19H20F4O5S.C18H34O3.C10H16O4.C10H14O/c1-5-28(6-2,22(3)4)31-27(29)21-30-23-14-13-19-26(20-23)32(24-15-9-7-10-16-24)25-17-11-8-12-18-25;1-3-11(2)12-5-7-13(8-6-12)27-9-4-10-28-18-14(20)16(22)19(29(24,25)26)17(23)15(18)21;1-7-18(5,6)16(19)21-15(13-17(2,3)4)20-14-11-9-8-10-12-14;1-4-10(2,3)9(12)14-7-5-6-13-8(7)11;1-3-8(2)9-4-6-10(11)7-5-9/h7-20,22H,5-6,21H2,1-4H3;5-8,11H,3-4,9-10H2,1-2H3,(H,24,25,26);14-15H,7-13H2,1-6H3;7H,4-6H2,1-3H3;4-8,11H,3H2,1-2H3/q+1;;;;/p-1. The molecule has 4 atom stereocenters. The van der Waals surface area contributed by atoms with Crippen LogP contribution < -0.4 is 14.2 Å². The second-order valence-corrected chi connectivity index (χ2v) is 33.0. The Labute approximate surface area is 636 Å². The van der Waals surface area contributed by atoms with Gasteiger partial charge in [-0.2, -0.15) is 8.78 Å². The molecule has 8 rings (SSSR count). The first-order valence-electron chi connectivity index (χ1n) is 37.4. The Kier molecular flexibility index (Phi) is 37.8. The van der Waals surface area contributed by atoms with E-state index >= 15 is 0 Å². The number of rotatable bonds is 30. The summed E-state index contributed by atoms with van der Waals surface area (Å²) in [6, 6.07) is 43.8. The first-order valence-corrected chi connectivity index (χ1v) is 40.0. The summed E-state index contributed by atoms with van der Waals surface area (Å²) in [5, 5.41) is 9.01. The molecular weight excluding hydrogens is 1420 g/mol. The van der Waals surface area contributed by atoms with Gasteiger partial charge in [0.2, 0.25) is 24.0 Å². The summed E-state index contributed by atoms with van der Waals surface area (Å²) in [5.74, 6) is -8.67. The lowest BCUT2D eigenvalue weighted by Crippen LogP contribution is -2.40. The zero-order valence-corrected chi connectivity index (χ0v) is 67.4. The number of aromatic hydroxyl groups is 1. The molecule has 1 aliphatic carbocycles. The molecule has 16 nitrogen and oxygen atoms in total. The maximum atomic E-state index is 13.8. The van der Waals surface area contributed by atoms with Crippen molar-refractivity contribution in [1.29, 1.82) is 0 Å². The van der Waals surface area contributed by atoms with Crippen molar-refractivity contribution in [2.24, 2.45) is 22.2 Å². The number of carbonyl (C=O) groups excluding carboxylic acids is 4. The molecule has 0 aromatic heterocycles. The summed E-state index contributed by atoms with van der Waals surface area (Å²) in [4.78, 5) is 48.9. The minimum atomic E-state index is -5.75. The van der Waals surface area contributed by atoms with Crippen LogP contribution in [0.15, 0.2) is 153 Å². The zero-order chi connectivity index (χ0) is 79.9. The van der Waals surface area contributed by atoms with Crippen LogP contribution in [0, 0.1) is 45.4 Å². The maximum absolute atomic E-state index is 13.8. The van der Waals surface area contributed by atoms with Crippen molar-refractivity contribution < 1.29 is 92.7 Å². The Balaban J connectivity index is 0.000000296. The molecule has 1 aliphatic heterocycles. The van der Waals surface area contributed by atoms with Gasteiger partial charge in [0.1, 0.15) is 37.9 Å². The highest BCUT2D eigenvalue weighted by Gasteiger charge is 2.38. The minimum Gasteiger partial charge on any atom is -0.744 e. The number of hydrogen-bond acceptors (Lipinski definition) is 16. The summed E-state index contributed by atoms with van der Waals surface area (Å²) in [7, 11) is -6.01. The molecule has 107 heavy (non-hydrogen) atoms. The van der Waals surface area contributed by atoms with Crippen molar-refractivity contribution in [3.8, 4) is 23.0 Å². The SMILES string of the molecule is CCC(C)(C)C(=O)OC(CC(C)(C)C)OC1CCCCC1.CCC(C)(C)C(=O)OC1CCOC1=O.CCC(C)c1ccc(O)cc1.CCC(C)c1ccc(OCCCOc2c(F)c(F)c(S(=O)(=O)[O-])c(F)c2F)cc1.CCC(CC)(OC(=O)COc1cccc([S+](c2ccccc2)c2ccccc2)c1)C(C)C. The van der Waals surface area contributed by atoms with Gasteiger partial charge in [0.05, 0.1) is 47.6 Å². The highest BCUT2D eigenvalue weighted by atomic mass is 32.2. The first-order chi connectivity index (χ1) is 50.4. The fourth-order valence-electron chi connectivity index (χ4n) is 10.9. The molecule has 1 heterocycles. The van der Waals surface area contributed by atoms with Gasteiger partial charge >= 0.3 is 23.9 Å². The fraction of sp³-hybridized carbons (Fsp3) is 0.529. The Morgan fingerprint density at radius 1 is 0.598 bits per heavy atom. The molecule has 1 saturated carbocycles. The van der Waals surface area contributed by atoms with Gasteiger partial charge in [-0.15, -0.1) is 0 Å². The molecule has 6 aromatic carbocycles. The first kappa shape index (κ1) is 91.7. The van der Waals surface area contributed by atoms with E-state index in [-0.39, 0.29) is 72.5 Å². The van der Waals surface area contributed by atoms with E-state index < -0.39 is 78.8 Å². The van der Waals surface area contributed by atoms with Gasteiger partial charge in [-0.3, -0.25) is 9.59 Å². The molecule has 2 aliphatic rings. The van der Waals surface area contributed by atoms with Crippen molar-refractivity contribution >= 4 is 44.9 Å². The van der Waals surface area contributed by atoms with E-state index in [1.165, 1.54) is 34.6 Å². The van der Waals surface area contributed by atoms with Crippen molar-refractivity contribution in [3.63, 3.8) is 0 Å². The molecule has 22 heteroatoms. The predicted molar refractivity (Wildman–Crippen MR) is 409 cm³/mol. The summed E-state index contributed by atoms with van der Waals surface area (Å²) < 4.78 is 131. The van der Waals surface area contributed by atoms with Crippen LogP contribution in [0.3, 0.4) is 0 Å². The number of ether oxygens (including phenoxy) is 8. The number of phenolic OH excluding ortho intramolecular Hbond substituents is 1. The topological polar surface area (TPSA) is 220 Å². The minimum absolute atomic E-state index is 0.0793. The summed E-state index contributed by atoms with van der Waals surface area (Å²) >= 11 is 0. The number of hydrogen-bond donors (Lipinski definition) is 1. The summed E-state index contributed by atoms with van der Waals surface area (Å²) in [5.41, 5.74) is 1.13. The van der Waals surface area contributed by atoms with E-state index in [4.69, 9.17) is 43.0 Å². The predicted octanol–water partition coefficient (Wildman–Crippen LogP) is 20.7. The highest BCUT2D eigenvalue weighted by Crippen LogP contribution is 2.37. The second-order valence-electron chi connectivity index (χ2n) is 29.6. The molecule has 0 bridgehead atoms. The summed E-state index contributed by atoms with van der Waals surface area (Å²) in [6.07, 6.45) is 11.6. The number of halogens is 4. The Morgan fingerprint density at radius 2 is 1.09 bits per heavy atom. The van der Waals surface area contributed by atoms with Gasteiger partial charge in [-0.1, -0.05) is 176 Å². The molecule has 0 amide bonds. The third-order valence-electron chi connectivity index (χ3n) is 19.2. The van der Waals surface area contributed by atoms with Gasteiger partial charge in [-0.25, -0.2) is 26.8 Å². The molecule has 2 fully saturated rings. The Bertz CT molecular complexity index is 3710. The third-order valence-corrected chi connectivity index (χ3v) is 22.3. The van der Waals surface area contributed by atoms with Gasteiger partial charge in [-0.05, 0) is 174 Å². The number of benzene rings is 6. The van der Waals surface area contributed by atoms with Crippen LogP contribution in [0.1, 0.15) is 231 Å². The van der Waals surface area contributed by atoms with Crippen molar-refractivity contribution in [3.05, 3.63) is 168 Å². The van der Waals surface area contributed by atoms with Crippen LogP contribution >= 0.6 is 0 Å². The molecule has 0 spiro atoms. The molecule has 1 N–H and O–H groups in total. The summed E-state index contributed by atoms with van der Waals surface area (Å²) in [6.45, 7) is 34.7. The number of cyclic esters (lactones) is 1. The van der Waals surface area contributed by atoms with Crippen LogP contribution in [-0.4, -0.2) is 92.5 Å². The largest absolute Gasteiger partial charge is 0.744 e. The van der Waals surface area contributed by atoms with E-state index in [9.17, 15) is 49.7 Å². The van der Waals surface area contributed by atoms with E-state index in [0.717, 1.165) is 61.8 Å². The van der Waals surface area contributed by atoms with Crippen molar-refractivity contribution in [2.75, 3.05) is 26.4 Å². The lowest BCUT2D eigenvalue weighted by atomic mass is 9.85.